The maximum Gasteiger partial charge on any atom is 0.226 e. The van der Waals surface area contributed by atoms with Crippen LogP contribution >= 0.6 is 0 Å². The van der Waals surface area contributed by atoms with Gasteiger partial charge in [-0.1, -0.05) is 6.07 Å². The summed E-state index contributed by atoms with van der Waals surface area (Å²) in [5, 5.41) is 11.7. The predicted molar refractivity (Wildman–Crippen MR) is 103 cm³/mol. The van der Waals surface area contributed by atoms with Crippen molar-refractivity contribution >= 4 is 28.9 Å². The Balaban J connectivity index is 2.00. The Morgan fingerprint density at radius 3 is 2.31 bits per heavy atom. The van der Waals surface area contributed by atoms with Gasteiger partial charge in [0, 0.05) is 51.0 Å². The zero-order chi connectivity index (χ0) is 19.1. The van der Waals surface area contributed by atoms with Gasteiger partial charge >= 0.3 is 0 Å². The molecular formula is C20H22N4O2. The molecule has 1 N–H and O–H groups in total. The number of rotatable bonds is 6. The maximum atomic E-state index is 12.2. The van der Waals surface area contributed by atoms with Crippen molar-refractivity contribution in [2.45, 2.75) is 13.3 Å². The Labute approximate surface area is 153 Å². The fraction of sp³-hybridized carbons (Fsp3) is 0.250. The third-order valence-corrected chi connectivity index (χ3v) is 3.90. The largest absolute Gasteiger partial charge is 0.378 e. The first-order valence-corrected chi connectivity index (χ1v) is 8.26. The molecule has 0 heterocycles. The summed E-state index contributed by atoms with van der Waals surface area (Å²) in [5.74, 6) is -0.335. The molecule has 134 valence electrons. The Bertz CT molecular complexity index is 822. The smallest absolute Gasteiger partial charge is 0.226 e. The van der Waals surface area contributed by atoms with Crippen molar-refractivity contribution in [1.29, 1.82) is 5.26 Å². The monoisotopic (exact) mass is 350 g/mol. The summed E-state index contributed by atoms with van der Waals surface area (Å²) in [5.41, 5.74) is 2.84. The SMILES string of the molecule is CC(=O)N(CCC(=O)Nc1cccc(C#N)c1)c1ccc(N(C)C)cc1. The highest BCUT2D eigenvalue weighted by molar-refractivity contribution is 5.95. The highest BCUT2D eigenvalue weighted by Crippen LogP contribution is 2.20. The van der Waals surface area contributed by atoms with E-state index in [0.29, 0.717) is 11.3 Å². The fourth-order valence-corrected chi connectivity index (χ4v) is 2.50. The summed E-state index contributed by atoms with van der Waals surface area (Å²) in [6.07, 6.45) is 0.159. The lowest BCUT2D eigenvalue weighted by molar-refractivity contribution is -0.117. The molecule has 0 aliphatic rings. The van der Waals surface area contributed by atoms with Crippen LogP contribution in [0.2, 0.25) is 0 Å². The molecule has 2 aromatic carbocycles. The van der Waals surface area contributed by atoms with Crippen molar-refractivity contribution in [3.63, 3.8) is 0 Å². The van der Waals surface area contributed by atoms with Gasteiger partial charge in [-0.25, -0.2) is 0 Å². The molecule has 0 unspecified atom stereocenters. The van der Waals surface area contributed by atoms with E-state index >= 15 is 0 Å². The second kappa shape index (κ2) is 8.67. The molecule has 0 radical (unpaired) electrons. The lowest BCUT2D eigenvalue weighted by Crippen LogP contribution is -2.32. The molecule has 2 amide bonds. The molecule has 2 aromatic rings. The van der Waals surface area contributed by atoms with Crippen molar-refractivity contribution in [2.75, 3.05) is 35.8 Å². The molecule has 0 spiro atoms. The molecule has 0 aliphatic carbocycles. The zero-order valence-electron chi connectivity index (χ0n) is 15.2. The van der Waals surface area contributed by atoms with E-state index in [-0.39, 0.29) is 24.8 Å². The number of nitrogens with one attached hydrogen (secondary N) is 1. The molecule has 0 saturated carbocycles. The third-order valence-electron chi connectivity index (χ3n) is 3.90. The third kappa shape index (κ3) is 5.08. The number of nitriles is 1. The highest BCUT2D eigenvalue weighted by atomic mass is 16.2. The Kier molecular flexibility index (Phi) is 6.34. The van der Waals surface area contributed by atoms with Gasteiger partial charge in [0.1, 0.15) is 0 Å². The zero-order valence-corrected chi connectivity index (χ0v) is 15.2. The van der Waals surface area contributed by atoms with Gasteiger partial charge < -0.3 is 15.1 Å². The molecular weight excluding hydrogens is 328 g/mol. The van der Waals surface area contributed by atoms with Crippen molar-refractivity contribution in [1.82, 2.24) is 0 Å². The topological polar surface area (TPSA) is 76.4 Å². The van der Waals surface area contributed by atoms with E-state index in [1.807, 2.05) is 49.3 Å². The van der Waals surface area contributed by atoms with E-state index < -0.39 is 0 Å². The predicted octanol–water partition coefficient (Wildman–Crippen LogP) is 3.01. The number of amides is 2. The minimum atomic E-state index is -0.212. The summed E-state index contributed by atoms with van der Waals surface area (Å²) in [7, 11) is 3.90. The van der Waals surface area contributed by atoms with Crippen LogP contribution in [0.25, 0.3) is 0 Å². The lowest BCUT2D eigenvalue weighted by Gasteiger charge is -2.22. The average molecular weight is 350 g/mol. The Morgan fingerprint density at radius 1 is 1.08 bits per heavy atom. The van der Waals surface area contributed by atoms with Gasteiger partial charge in [-0.3, -0.25) is 9.59 Å². The maximum absolute atomic E-state index is 12.2. The molecule has 0 saturated heterocycles. The Morgan fingerprint density at radius 2 is 1.73 bits per heavy atom. The first-order chi connectivity index (χ1) is 12.4. The molecule has 26 heavy (non-hydrogen) atoms. The number of nitrogens with zero attached hydrogens (tertiary/aromatic N) is 3. The molecule has 0 atom stereocenters. The quantitative estimate of drug-likeness (QED) is 0.869. The van der Waals surface area contributed by atoms with Crippen molar-refractivity contribution in [3.05, 3.63) is 54.1 Å². The molecule has 0 fully saturated rings. The summed E-state index contributed by atoms with van der Waals surface area (Å²) in [4.78, 5) is 27.7. The van der Waals surface area contributed by atoms with Gasteiger partial charge in [-0.2, -0.15) is 5.26 Å². The summed E-state index contributed by atoms with van der Waals surface area (Å²) >= 11 is 0. The lowest BCUT2D eigenvalue weighted by atomic mass is 10.2. The summed E-state index contributed by atoms with van der Waals surface area (Å²) in [6.45, 7) is 1.76. The van der Waals surface area contributed by atoms with Crippen molar-refractivity contribution in [3.8, 4) is 6.07 Å². The van der Waals surface area contributed by atoms with Crippen molar-refractivity contribution < 1.29 is 9.59 Å². The van der Waals surface area contributed by atoms with E-state index in [1.165, 1.54) is 6.92 Å². The van der Waals surface area contributed by atoms with Gasteiger partial charge in [-0.05, 0) is 42.5 Å². The number of anilines is 3. The number of hydrogen-bond acceptors (Lipinski definition) is 4. The van der Waals surface area contributed by atoms with Gasteiger partial charge in [0.25, 0.3) is 0 Å². The van der Waals surface area contributed by atoms with Crippen LogP contribution in [-0.2, 0) is 9.59 Å². The van der Waals surface area contributed by atoms with Gasteiger partial charge in [0.2, 0.25) is 11.8 Å². The van der Waals surface area contributed by atoms with Crippen molar-refractivity contribution in [2.24, 2.45) is 0 Å². The van der Waals surface area contributed by atoms with Crippen LogP contribution in [0.1, 0.15) is 18.9 Å². The van der Waals surface area contributed by atoms with E-state index in [9.17, 15) is 9.59 Å². The minimum Gasteiger partial charge on any atom is -0.378 e. The van der Waals surface area contributed by atoms with Gasteiger partial charge in [-0.15, -0.1) is 0 Å². The second-order valence-corrected chi connectivity index (χ2v) is 6.07. The van der Waals surface area contributed by atoms with E-state index in [2.05, 4.69) is 5.32 Å². The minimum absolute atomic E-state index is 0.123. The average Bonchev–Trinajstić information content (AvgIpc) is 2.62. The molecule has 0 aromatic heterocycles. The van der Waals surface area contributed by atoms with E-state index in [0.717, 1.165) is 11.4 Å². The Hall–Kier alpha value is -3.33. The highest BCUT2D eigenvalue weighted by Gasteiger charge is 2.14. The van der Waals surface area contributed by atoms with Crippen LogP contribution in [0.15, 0.2) is 48.5 Å². The first-order valence-electron chi connectivity index (χ1n) is 8.26. The molecule has 6 heteroatoms. The van der Waals surface area contributed by atoms with Crippen LogP contribution < -0.4 is 15.1 Å². The number of carbonyl (C=O) groups excluding carboxylic acids is 2. The molecule has 2 rings (SSSR count). The standard InChI is InChI=1S/C20H22N4O2/c1-15(25)24(19-9-7-18(8-10-19)23(2)3)12-11-20(26)22-17-6-4-5-16(13-17)14-21/h4-10,13H,11-12H2,1-3H3,(H,22,26). The van der Waals surface area contributed by atoms with Gasteiger partial charge in [0.15, 0.2) is 0 Å². The van der Waals surface area contributed by atoms with Crippen LogP contribution in [0.4, 0.5) is 17.1 Å². The summed E-state index contributed by atoms with van der Waals surface area (Å²) < 4.78 is 0. The van der Waals surface area contributed by atoms with Crippen LogP contribution in [0.3, 0.4) is 0 Å². The first kappa shape index (κ1) is 19.0. The molecule has 6 nitrogen and oxygen atoms in total. The summed E-state index contributed by atoms with van der Waals surface area (Å²) in [6, 6.07) is 16.3. The van der Waals surface area contributed by atoms with Crippen LogP contribution in [-0.4, -0.2) is 32.5 Å². The molecule has 0 aliphatic heterocycles. The number of carbonyl (C=O) groups is 2. The van der Waals surface area contributed by atoms with Gasteiger partial charge in [0.05, 0.1) is 11.6 Å². The van der Waals surface area contributed by atoms with E-state index in [1.54, 1.807) is 29.2 Å². The van der Waals surface area contributed by atoms with Crippen LogP contribution in [0.5, 0.6) is 0 Å². The fourth-order valence-electron chi connectivity index (χ4n) is 2.50. The number of benzene rings is 2. The normalized spacial score (nSPS) is 9.92. The number of hydrogen-bond donors (Lipinski definition) is 1. The second-order valence-electron chi connectivity index (χ2n) is 6.07. The molecule has 0 bridgehead atoms. The van der Waals surface area contributed by atoms with E-state index in [4.69, 9.17) is 5.26 Å². The van der Waals surface area contributed by atoms with Crippen LogP contribution in [0, 0.1) is 11.3 Å².